The van der Waals surface area contributed by atoms with Crippen molar-refractivity contribution in [2.75, 3.05) is 4.90 Å². The van der Waals surface area contributed by atoms with E-state index in [1.54, 1.807) is 24.3 Å². The molecule has 4 nitrogen and oxygen atoms in total. The van der Waals surface area contributed by atoms with E-state index in [-0.39, 0.29) is 5.91 Å². The van der Waals surface area contributed by atoms with Gasteiger partial charge in [-0.05, 0) is 24.3 Å². The molecule has 0 fully saturated rings. The molecule has 2 aromatic carbocycles. The number of amides is 1. The lowest BCUT2D eigenvalue weighted by Gasteiger charge is -2.35. The summed E-state index contributed by atoms with van der Waals surface area (Å²) in [5, 5.41) is 0. The van der Waals surface area contributed by atoms with Gasteiger partial charge in [-0.3, -0.25) is 9.69 Å². The molecule has 0 N–H and O–H groups in total. The number of rotatable bonds is 1. The van der Waals surface area contributed by atoms with Crippen molar-refractivity contribution in [3.05, 3.63) is 64.1 Å². The standard InChI is InChI=1S/C16H12BrNO3/c1-10(19)18-14-5-3-2-4-13(14)16(20)21-15(18)11-6-8-12(17)9-7-11/h2-9,15H,1H3. The molecule has 0 bridgehead atoms. The molecule has 1 heterocycles. The Bertz CT molecular complexity index is 712. The Morgan fingerprint density at radius 2 is 1.81 bits per heavy atom. The van der Waals surface area contributed by atoms with Crippen molar-refractivity contribution >= 4 is 33.5 Å². The molecule has 1 amide bonds. The number of halogens is 1. The Labute approximate surface area is 130 Å². The Kier molecular flexibility index (Phi) is 3.51. The van der Waals surface area contributed by atoms with Gasteiger partial charge in [0.1, 0.15) is 0 Å². The molecule has 1 aliphatic heterocycles. The number of hydrogen-bond acceptors (Lipinski definition) is 3. The van der Waals surface area contributed by atoms with Crippen LogP contribution in [-0.4, -0.2) is 11.9 Å². The molecule has 3 rings (SSSR count). The second-order valence-electron chi connectivity index (χ2n) is 4.72. The van der Waals surface area contributed by atoms with Crippen molar-refractivity contribution in [2.24, 2.45) is 0 Å². The summed E-state index contributed by atoms with van der Waals surface area (Å²) in [6.45, 7) is 1.46. The zero-order valence-corrected chi connectivity index (χ0v) is 12.8. The van der Waals surface area contributed by atoms with E-state index in [2.05, 4.69) is 15.9 Å². The summed E-state index contributed by atoms with van der Waals surface area (Å²) >= 11 is 3.36. The summed E-state index contributed by atoms with van der Waals surface area (Å²) in [4.78, 5) is 25.7. The third-order valence-electron chi connectivity index (χ3n) is 3.33. The van der Waals surface area contributed by atoms with Crippen LogP contribution in [0.1, 0.15) is 29.1 Å². The van der Waals surface area contributed by atoms with Crippen LogP contribution in [-0.2, 0) is 9.53 Å². The Morgan fingerprint density at radius 3 is 2.48 bits per heavy atom. The van der Waals surface area contributed by atoms with E-state index in [4.69, 9.17) is 4.74 Å². The maximum atomic E-state index is 12.1. The van der Waals surface area contributed by atoms with Crippen molar-refractivity contribution in [3.63, 3.8) is 0 Å². The Hall–Kier alpha value is -2.14. The molecule has 0 radical (unpaired) electrons. The molecule has 21 heavy (non-hydrogen) atoms. The van der Waals surface area contributed by atoms with Gasteiger partial charge in [0.25, 0.3) is 0 Å². The van der Waals surface area contributed by atoms with Crippen LogP contribution in [0.3, 0.4) is 0 Å². The van der Waals surface area contributed by atoms with E-state index in [9.17, 15) is 9.59 Å². The summed E-state index contributed by atoms with van der Waals surface area (Å²) in [5.74, 6) is -0.598. The molecular formula is C16H12BrNO3. The van der Waals surface area contributed by atoms with Crippen LogP contribution < -0.4 is 4.90 Å². The average molecular weight is 346 g/mol. The number of para-hydroxylation sites is 1. The SMILES string of the molecule is CC(=O)N1c2ccccc2C(=O)OC1c1ccc(Br)cc1. The minimum absolute atomic E-state index is 0.178. The van der Waals surface area contributed by atoms with Gasteiger partial charge >= 0.3 is 5.97 Å². The third kappa shape index (κ3) is 2.45. The summed E-state index contributed by atoms with van der Waals surface area (Å²) in [6, 6.07) is 14.3. The van der Waals surface area contributed by atoms with Crippen molar-refractivity contribution in [1.29, 1.82) is 0 Å². The monoisotopic (exact) mass is 345 g/mol. The number of hydrogen-bond donors (Lipinski definition) is 0. The predicted molar refractivity (Wildman–Crippen MR) is 81.9 cm³/mol. The van der Waals surface area contributed by atoms with Gasteiger partial charge in [-0.25, -0.2) is 4.79 Å². The van der Waals surface area contributed by atoms with E-state index < -0.39 is 12.2 Å². The molecule has 5 heteroatoms. The highest BCUT2D eigenvalue weighted by molar-refractivity contribution is 9.10. The average Bonchev–Trinajstić information content (AvgIpc) is 2.47. The van der Waals surface area contributed by atoms with E-state index in [0.717, 1.165) is 10.0 Å². The first-order chi connectivity index (χ1) is 10.1. The fraction of sp³-hybridized carbons (Fsp3) is 0.125. The second kappa shape index (κ2) is 5.33. The van der Waals surface area contributed by atoms with E-state index in [1.165, 1.54) is 11.8 Å². The van der Waals surface area contributed by atoms with Crippen LogP contribution in [0.2, 0.25) is 0 Å². The zero-order valence-electron chi connectivity index (χ0n) is 11.2. The van der Waals surface area contributed by atoms with Crippen LogP contribution in [0.25, 0.3) is 0 Å². The lowest BCUT2D eigenvalue weighted by atomic mass is 10.1. The van der Waals surface area contributed by atoms with Crippen molar-refractivity contribution in [2.45, 2.75) is 13.2 Å². The van der Waals surface area contributed by atoms with Gasteiger partial charge in [0, 0.05) is 17.0 Å². The number of carbonyl (C=O) groups is 2. The van der Waals surface area contributed by atoms with Gasteiger partial charge in [0.2, 0.25) is 12.1 Å². The largest absolute Gasteiger partial charge is 0.433 e. The highest BCUT2D eigenvalue weighted by Gasteiger charge is 2.35. The minimum Gasteiger partial charge on any atom is -0.433 e. The summed E-state index contributed by atoms with van der Waals surface area (Å²) in [6.07, 6.45) is -0.738. The summed E-state index contributed by atoms with van der Waals surface area (Å²) < 4.78 is 6.38. The molecule has 1 unspecified atom stereocenters. The van der Waals surface area contributed by atoms with Gasteiger partial charge in [-0.2, -0.15) is 0 Å². The van der Waals surface area contributed by atoms with E-state index in [1.807, 2.05) is 24.3 Å². The smallest absolute Gasteiger partial charge is 0.342 e. The van der Waals surface area contributed by atoms with Gasteiger partial charge in [0.05, 0.1) is 11.3 Å². The fourth-order valence-corrected chi connectivity index (χ4v) is 2.64. The quantitative estimate of drug-likeness (QED) is 0.740. The van der Waals surface area contributed by atoms with Crippen LogP contribution >= 0.6 is 15.9 Å². The van der Waals surface area contributed by atoms with Crippen LogP contribution in [0.5, 0.6) is 0 Å². The van der Waals surface area contributed by atoms with Gasteiger partial charge in [-0.15, -0.1) is 0 Å². The maximum absolute atomic E-state index is 12.1. The maximum Gasteiger partial charge on any atom is 0.342 e. The Balaban J connectivity index is 2.11. The molecule has 106 valence electrons. The van der Waals surface area contributed by atoms with Crippen molar-refractivity contribution < 1.29 is 14.3 Å². The first kappa shape index (κ1) is 13.8. The highest BCUT2D eigenvalue weighted by Crippen LogP contribution is 2.36. The number of cyclic esters (lactones) is 1. The second-order valence-corrected chi connectivity index (χ2v) is 5.63. The number of esters is 1. The predicted octanol–water partition coefficient (Wildman–Crippen LogP) is 3.67. The topological polar surface area (TPSA) is 46.6 Å². The van der Waals surface area contributed by atoms with Crippen LogP contribution in [0, 0.1) is 0 Å². The van der Waals surface area contributed by atoms with Crippen molar-refractivity contribution in [1.82, 2.24) is 0 Å². The summed E-state index contributed by atoms with van der Waals surface area (Å²) in [7, 11) is 0. The van der Waals surface area contributed by atoms with Gasteiger partial charge in [0.15, 0.2) is 0 Å². The van der Waals surface area contributed by atoms with Crippen LogP contribution in [0.15, 0.2) is 53.0 Å². The third-order valence-corrected chi connectivity index (χ3v) is 3.86. The van der Waals surface area contributed by atoms with Gasteiger partial charge < -0.3 is 4.74 Å². The van der Waals surface area contributed by atoms with E-state index in [0.29, 0.717) is 11.3 Å². The molecule has 0 aliphatic carbocycles. The number of ether oxygens (including phenoxy) is 1. The molecule has 0 spiro atoms. The normalized spacial score (nSPS) is 17.1. The first-order valence-corrected chi connectivity index (χ1v) is 7.22. The minimum atomic E-state index is -0.738. The lowest BCUT2D eigenvalue weighted by Crippen LogP contribution is -2.40. The first-order valence-electron chi connectivity index (χ1n) is 6.43. The van der Waals surface area contributed by atoms with E-state index >= 15 is 0 Å². The number of carbonyl (C=O) groups excluding carboxylic acids is 2. The highest BCUT2D eigenvalue weighted by atomic mass is 79.9. The fourth-order valence-electron chi connectivity index (χ4n) is 2.38. The molecule has 0 aromatic heterocycles. The number of fused-ring (bicyclic) bond motifs is 1. The molecule has 0 saturated carbocycles. The van der Waals surface area contributed by atoms with Crippen LogP contribution in [0.4, 0.5) is 5.69 Å². The zero-order chi connectivity index (χ0) is 15.0. The molecule has 1 atom stereocenters. The molecule has 2 aromatic rings. The lowest BCUT2D eigenvalue weighted by molar-refractivity contribution is -0.118. The molecular weight excluding hydrogens is 334 g/mol. The van der Waals surface area contributed by atoms with Gasteiger partial charge in [-0.1, -0.05) is 40.2 Å². The summed E-state index contributed by atoms with van der Waals surface area (Å²) in [5.41, 5.74) is 1.73. The number of nitrogens with zero attached hydrogens (tertiary/aromatic N) is 1. The van der Waals surface area contributed by atoms with Crippen molar-refractivity contribution in [3.8, 4) is 0 Å². The molecule has 1 aliphatic rings. The number of benzene rings is 2. The molecule has 0 saturated heterocycles. The number of anilines is 1. The Morgan fingerprint density at radius 1 is 1.14 bits per heavy atom.